The predicted molar refractivity (Wildman–Crippen MR) is 53.1 cm³/mol. The highest BCUT2D eigenvalue weighted by Crippen LogP contribution is 2.06. The van der Waals surface area contributed by atoms with E-state index in [1.54, 1.807) is 0 Å². The molecule has 72 valence electrons. The highest BCUT2D eigenvalue weighted by Gasteiger charge is 2.08. The van der Waals surface area contributed by atoms with Crippen molar-refractivity contribution in [1.82, 2.24) is 10.2 Å². The summed E-state index contributed by atoms with van der Waals surface area (Å²) in [6, 6.07) is 0. The zero-order valence-electron chi connectivity index (χ0n) is 8.47. The van der Waals surface area contributed by atoms with Crippen molar-refractivity contribution in [1.29, 1.82) is 0 Å². The van der Waals surface area contributed by atoms with Gasteiger partial charge in [-0.3, -0.25) is 4.90 Å². The van der Waals surface area contributed by atoms with Crippen LogP contribution in [0.5, 0.6) is 0 Å². The van der Waals surface area contributed by atoms with Gasteiger partial charge in [0.15, 0.2) is 0 Å². The summed E-state index contributed by atoms with van der Waals surface area (Å²) in [5.74, 6) is 0.773. The van der Waals surface area contributed by atoms with Crippen molar-refractivity contribution in [3.63, 3.8) is 0 Å². The largest absolute Gasteiger partial charge is 0.304 e. The SMILES string of the molecule is CC(C)CNCN1CCCCC1. The van der Waals surface area contributed by atoms with Crippen molar-refractivity contribution >= 4 is 0 Å². The molecule has 0 bridgehead atoms. The van der Waals surface area contributed by atoms with Crippen LogP contribution in [0, 0.1) is 5.92 Å². The maximum atomic E-state index is 3.48. The van der Waals surface area contributed by atoms with Crippen LogP contribution in [0.15, 0.2) is 0 Å². The molecule has 1 fully saturated rings. The number of hydrogen-bond acceptors (Lipinski definition) is 2. The summed E-state index contributed by atoms with van der Waals surface area (Å²) in [7, 11) is 0. The molecular formula is C10H22N2. The summed E-state index contributed by atoms with van der Waals surface area (Å²) in [5, 5.41) is 3.48. The molecule has 0 atom stereocenters. The van der Waals surface area contributed by atoms with Crippen LogP contribution >= 0.6 is 0 Å². The Bertz CT molecular complexity index is 106. The second-order valence-corrected chi connectivity index (χ2v) is 4.18. The van der Waals surface area contributed by atoms with Gasteiger partial charge < -0.3 is 5.32 Å². The molecule has 0 unspecified atom stereocenters. The standard InChI is InChI=1S/C10H22N2/c1-10(2)8-11-9-12-6-4-3-5-7-12/h10-11H,3-9H2,1-2H3. The third-order valence-corrected chi connectivity index (χ3v) is 2.34. The first kappa shape index (κ1) is 10.0. The Morgan fingerprint density at radius 3 is 2.42 bits per heavy atom. The van der Waals surface area contributed by atoms with Gasteiger partial charge in [0, 0.05) is 6.67 Å². The van der Waals surface area contributed by atoms with Crippen LogP contribution in [0.3, 0.4) is 0 Å². The van der Waals surface area contributed by atoms with E-state index in [2.05, 4.69) is 24.1 Å². The first-order valence-electron chi connectivity index (χ1n) is 5.22. The Balaban J connectivity index is 1.98. The van der Waals surface area contributed by atoms with E-state index in [4.69, 9.17) is 0 Å². The van der Waals surface area contributed by atoms with Crippen molar-refractivity contribution in [3.05, 3.63) is 0 Å². The Morgan fingerprint density at radius 1 is 1.17 bits per heavy atom. The van der Waals surface area contributed by atoms with E-state index >= 15 is 0 Å². The van der Waals surface area contributed by atoms with Gasteiger partial charge in [0.05, 0.1) is 0 Å². The van der Waals surface area contributed by atoms with Crippen LogP contribution in [0.1, 0.15) is 33.1 Å². The first-order chi connectivity index (χ1) is 5.79. The number of nitrogens with zero attached hydrogens (tertiary/aromatic N) is 1. The van der Waals surface area contributed by atoms with Crippen molar-refractivity contribution in [2.75, 3.05) is 26.3 Å². The van der Waals surface area contributed by atoms with Crippen molar-refractivity contribution in [2.45, 2.75) is 33.1 Å². The average Bonchev–Trinajstić information content (AvgIpc) is 2.05. The molecule has 0 radical (unpaired) electrons. The number of rotatable bonds is 4. The molecule has 0 saturated carbocycles. The monoisotopic (exact) mass is 170 g/mol. The Hall–Kier alpha value is -0.0800. The summed E-state index contributed by atoms with van der Waals surface area (Å²) < 4.78 is 0. The fourth-order valence-electron chi connectivity index (χ4n) is 1.63. The van der Waals surface area contributed by atoms with Crippen LogP contribution < -0.4 is 5.32 Å². The molecular weight excluding hydrogens is 148 g/mol. The summed E-state index contributed by atoms with van der Waals surface area (Å²) >= 11 is 0. The maximum Gasteiger partial charge on any atom is 0.0480 e. The van der Waals surface area contributed by atoms with Gasteiger partial charge >= 0.3 is 0 Å². The summed E-state index contributed by atoms with van der Waals surface area (Å²) in [4.78, 5) is 2.52. The van der Waals surface area contributed by atoms with Gasteiger partial charge in [-0.2, -0.15) is 0 Å². The van der Waals surface area contributed by atoms with Gasteiger partial charge in [-0.15, -0.1) is 0 Å². The van der Waals surface area contributed by atoms with Crippen molar-refractivity contribution in [2.24, 2.45) is 5.92 Å². The Labute approximate surface area is 76.3 Å². The van der Waals surface area contributed by atoms with Crippen LogP contribution in [-0.2, 0) is 0 Å². The minimum absolute atomic E-state index is 0.773. The topological polar surface area (TPSA) is 15.3 Å². The number of piperidine rings is 1. The van der Waals surface area contributed by atoms with Crippen LogP contribution in [0.2, 0.25) is 0 Å². The third-order valence-electron chi connectivity index (χ3n) is 2.34. The first-order valence-corrected chi connectivity index (χ1v) is 5.22. The molecule has 0 aromatic heterocycles. The molecule has 2 heteroatoms. The van der Waals surface area contributed by atoms with Gasteiger partial charge in [0.25, 0.3) is 0 Å². The fraction of sp³-hybridized carbons (Fsp3) is 1.00. The fourth-order valence-corrected chi connectivity index (χ4v) is 1.63. The Kier molecular flexibility index (Phi) is 4.62. The molecule has 1 saturated heterocycles. The molecule has 1 heterocycles. The van der Waals surface area contributed by atoms with Crippen LogP contribution in [0.25, 0.3) is 0 Å². The molecule has 0 aromatic carbocycles. The lowest BCUT2D eigenvalue weighted by Gasteiger charge is -2.26. The zero-order chi connectivity index (χ0) is 8.81. The average molecular weight is 170 g/mol. The van der Waals surface area contributed by atoms with Gasteiger partial charge in [-0.05, 0) is 38.4 Å². The van der Waals surface area contributed by atoms with Crippen LogP contribution in [0.4, 0.5) is 0 Å². The second kappa shape index (κ2) is 5.55. The highest BCUT2D eigenvalue weighted by molar-refractivity contribution is 4.63. The second-order valence-electron chi connectivity index (χ2n) is 4.18. The molecule has 0 aliphatic carbocycles. The molecule has 1 aliphatic rings. The molecule has 0 amide bonds. The van der Waals surface area contributed by atoms with Gasteiger partial charge in [0.2, 0.25) is 0 Å². The molecule has 1 rings (SSSR count). The van der Waals surface area contributed by atoms with Crippen molar-refractivity contribution < 1.29 is 0 Å². The lowest BCUT2D eigenvalue weighted by molar-refractivity contribution is 0.210. The molecule has 12 heavy (non-hydrogen) atoms. The summed E-state index contributed by atoms with van der Waals surface area (Å²) in [6.07, 6.45) is 4.22. The molecule has 1 N–H and O–H groups in total. The maximum absolute atomic E-state index is 3.48. The summed E-state index contributed by atoms with van der Waals surface area (Å²) in [6.45, 7) is 9.34. The third kappa shape index (κ3) is 4.07. The van der Waals surface area contributed by atoms with E-state index in [9.17, 15) is 0 Å². The van der Waals surface area contributed by atoms with E-state index < -0.39 is 0 Å². The predicted octanol–water partition coefficient (Wildman–Crippen LogP) is 1.68. The normalized spacial score (nSPS) is 20.2. The van der Waals surface area contributed by atoms with E-state index in [1.807, 2.05) is 0 Å². The number of likely N-dealkylation sites (tertiary alicyclic amines) is 1. The quantitative estimate of drug-likeness (QED) is 0.690. The van der Waals surface area contributed by atoms with Crippen molar-refractivity contribution in [3.8, 4) is 0 Å². The van der Waals surface area contributed by atoms with E-state index in [0.717, 1.165) is 19.1 Å². The molecule has 2 nitrogen and oxygen atoms in total. The lowest BCUT2D eigenvalue weighted by Crippen LogP contribution is -2.38. The molecule has 1 aliphatic heterocycles. The molecule has 0 aromatic rings. The van der Waals surface area contributed by atoms with Gasteiger partial charge in [-0.1, -0.05) is 20.3 Å². The van der Waals surface area contributed by atoms with Gasteiger partial charge in [-0.25, -0.2) is 0 Å². The Morgan fingerprint density at radius 2 is 1.83 bits per heavy atom. The van der Waals surface area contributed by atoms with E-state index in [0.29, 0.717) is 0 Å². The van der Waals surface area contributed by atoms with Gasteiger partial charge in [0.1, 0.15) is 0 Å². The van der Waals surface area contributed by atoms with E-state index in [1.165, 1.54) is 32.4 Å². The summed E-state index contributed by atoms with van der Waals surface area (Å²) in [5.41, 5.74) is 0. The minimum atomic E-state index is 0.773. The van der Waals surface area contributed by atoms with Crippen LogP contribution in [-0.4, -0.2) is 31.2 Å². The lowest BCUT2D eigenvalue weighted by atomic mass is 10.1. The smallest absolute Gasteiger partial charge is 0.0480 e. The zero-order valence-corrected chi connectivity index (χ0v) is 8.47. The number of hydrogen-bond donors (Lipinski definition) is 1. The number of nitrogens with one attached hydrogen (secondary N) is 1. The molecule has 0 spiro atoms. The minimum Gasteiger partial charge on any atom is -0.304 e. The van der Waals surface area contributed by atoms with E-state index in [-0.39, 0.29) is 0 Å². The highest BCUT2D eigenvalue weighted by atomic mass is 15.2.